The molecule has 25 heavy (non-hydrogen) atoms. The lowest BCUT2D eigenvalue weighted by Crippen LogP contribution is -2.34. The summed E-state index contributed by atoms with van der Waals surface area (Å²) in [6.07, 6.45) is 2.50. The maximum atomic E-state index is 11.9. The molecule has 1 spiro atoms. The lowest BCUT2D eigenvalue weighted by atomic mass is 10.1. The Hall–Kier alpha value is -2.10. The van der Waals surface area contributed by atoms with Crippen LogP contribution in [0.1, 0.15) is 33.4 Å². The van der Waals surface area contributed by atoms with E-state index < -0.39 is 17.6 Å². The second kappa shape index (κ2) is 4.54. The minimum Gasteiger partial charge on any atom is -0.382 e. The predicted molar refractivity (Wildman–Crippen MR) is 85.2 cm³/mol. The molecule has 4 heterocycles. The number of carbonyl (C=O) groups excluding carboxylic acids is 1. The van der Waals surface area contributed by atoms with Gasteiger partial charge in [-0.05, 0) is 27.2 Å². The number of nitrogens with two attached hydrogens (primary N) is 1. The van der Waals surface area contributed by atoms with Gasteiger partial charge in [0.2, 0.25) is 0 Å². The van der Waals surface area contributed by atoms with Crippen LogP contribution in [0.4, 0.5) is 5.82 Å². The van der Waals surface area contributed by atoms with E-state index in [4.69, 9.17) is 19.9 Å². The smallest absolute Gasteiger partial charge is 0.167 e. The Balaban J connectivity index is 1.60. The number of hydrogen-bond acceptors (Lipinski definition) is 8. The number of anilines is 1. The van der Waals surface area contributed by atoms with Gasteiger partial charge in [0.1, 0.15) is 35.4 Å². The third-order valence-corrected chi connectivity index (χ3v) is 5.34. The Kier molecular flexibility index (Phi) is 2.76. The van der Waals surface area contributed by atoms with Gasteiger partial charge in [-0.1, -0.05) is 0 Å². The monoisotopic (exact) mass is 345 g/mol. The molecule has 0 amide bonds. The Morgan fingerprint density at radius 2 is 2.08 bits per heavy atom. The van der Waals surface area contributed by atoms with E-state index in [9.17, 15) is 4.79 Å². The van der Waals surface area contributed by atoms with Crippen molar-refractivity contribution in [2.75, 3.05) is 5.73 Å². The molecule has 132 valence electrons. The summed E-state index contributed by atoms with van der Waals surface area (Å²) in [5.74, 6) is -0.490. The van der Waals surface area contributed by atoms with Crippen molar-refractivity contribution in [3.05, 3.63) is 12.7 Å². The number of fused-ring (bicyclic) bond motifs is 3. The number of aromatic nitrogens is 4. The Labute approximate surface area is 143 Å². The maximum Gasteiger partial charge on any atom is 0.167 e. The van der Waals surface area contributed by atoms with Crippen molar-refractivity contribution in [3.8, 4) is 0 Å². The van der Waals surface area contributed by atoms with Gasteiger partial charge in [0, 0.05) is 0 Å². The van der Waals surface area contributed by atoms with Crippen LogP contribution in [0.25, 0.3) is 11.2 Å². The molecule has 2 N–H and O–H groups in total. The highest BCUT2D eigenvalue weighted by atomic mass is 16.8. The molecule has 1 aliphatic carbocycles. The van der Waals surface area contributed by atoms with E-state index in [-0.39, 0.29) is 23.9 Å². The van der Waals surface area contributed by atoms with Crippen molar-refractivity contribution in [1.29, 1.82) is 0 Å². The molecule has 2 saturated heterocycles. The van der Waals surface area contributed by atoms with E-state index in [1.54, 1.807) is 17.8 Å². The zero-order valence-corrected chi connectivity index (χ0v) is 14.2. The Bertz CT molecular complexity index is 896. The minimum atomic E-state index is -0.737. The first-order valence-electron chi connectivity index (χ1n) is 8.29. The van der Waals surface area contributed by atoms with Crippen LogP contribution in [0.15, 0.2) is 12.7 Å². The van der Waals surface area contributed by atoms with Gasteiger partial charge in [-0.3, -0.25) is 9.36 Å². The number of ether oxygens (including phenoxy) is 3. The molecule has 3 aliphatic rings. The number of nitrogens with zero attached hydrogens (tertiary/aromatic N) is 4. The van der Waals surface area contributed by atoms with Crippen LogP contribution in [-0.4, -0.2) is 48.9 Å². The Morgan fingerprint density at radius 1 is 1.28 bits per heavy atom. The molecule has 9 nitrogen and oxygen atoms in total. The van der Waals surface area contributed by atoms with Crippen LogP contribution < -0.4 is 5.73 Å². The van der Waals surface area contributed by atoms with Gasteiger partial charge in [0.15, 0.2) is 23.5 Å². The number of carbonyl (C=O) groups is 1. The minimum absolute atomic E-state index is 0.106. The van der Waals surface area contributed by atoms with Crippen LogP contribution >= 0.6 is 0 Å². The molecule has 5 rings (SSSR count). The number of nitrogen functional groups attached to an aromatic ring is 1. The normalized spacial score (nSPS) is 38.4. The van der Waals surface area contributed by atoms with E-state index >= 15 is 0 Å². The maximum absolute atomic E-state index is 11.9. The largest absolute Gasteiger partial charge is 0.382 e. The van der Waals surface area contributed by atoms with Crippen LogP contribution in [0.3, 0.4) is 0 Å². The molecular weight excluding hydrogens is 326 g/mol. The zero-order valence-electron chi connectivity index (χ0n) is 14.2. The van der Waals surface area contributed by atoms with E-state index in [1.807, 2.05) is 13.8 Å². The molecule has 0 radical (unpaired) electrons. The number of hydrogen-bond donors (Lipinski definition) is 1. The summed E-state index contributed by atoms with van der Waals surface area (Å²) in [6, 6.07) is 0. The second-order valence-corrected chi connectivity index (χ2v) is 7.43. The van der Waals surface area contributed by atoms with E-state index in [2.05, 4.69) is 15.0 Å². The standard InChI is InChI=1S/C16H19N5O4/c1-7(22)8-4-16(8)11-10(23-15(2,3)24-11)14(25-16)21-6-20-9-12(17)18-5-19-13(9)21/h5-6,8,10-11,14H,4H2,1-3H3,(H2,17,18,19)/t8?,10-,11?,14+,16-/m0/s1. The van der Waals surface area contributed by atoms with Crippen LogP contribution in [-0.2, 0) is 19.0 Å². The Morgan fingerprint density at radius 3 is 2.80 bits per heavy atom. The van der Waals surface area contributed by atoms with Crippen LogP contribution in [0.5, 0.6) is 0 Å². The fourth-order valence-corrected chi connectivity index (χ4v) is 4.20. The molecule has 0 aromatic carbocycles. The van der Waals surface area contributed by atoms with Gasteiger partial charge in [-0.15, -0.1) is 0 Å². The third kappa shape index (κ3) is 1.94. The summed E-state index contributed by atoms with van der Waals surface area (Å²) >= 11 is 0. The fraction of sp³-hybridized carbons (Fsp3) is 0.625. The lowest BCUT2D eigenvalue weighted by molar-refractivity contribution is -0.203. The van der Waals surface area contributed by atoms with Crippen molar-refractivity contribution >= 4 is 22.8 Å². The van der Waals surface area contributed by atoms with Crippen LogP contribution in [0.2, 0.25) is 0 Å². The summed E-state index contributed by atoms with van der Waals surface area (Å²) in [6.45, 7) is 5.33. The lowest BCUT2D eigenvalue weighted by Gasteiger charge is -2.25. The first kappa shape index (κ1) is 15.2. The highest BCUT2D eigenvalue weighted by Gasteiger charge is 2.75. The second-order valence-electron chi connectivity index (χ2n) is 7.43. The summed E-state index contributed by atoms with van der Waals surface area (Å²) in [5, 5.41) is 0. The predicted octanol–water partition coefficient (Wildman–Crippen LogP) is 0.805. The van der Waals surface area contributed by atoms with Crippen molar-refractivity contribution in [2.24, 2.45) is 5.92 Å². The molecule has 2 unspecified atom stereocenters. The molecule has 9 heteroatoms. The summed E-state index contributed by atoms with van der Waals surface area (Å²) in [5.41, 5.74) is 6.33. The van der Waals surface area contributed by atoms with E-state index in [0.717, 1.165) is 0 Å². The quantitative estimate of drug-likeness (QED) is 0.850. The van der Waals surface area contributed by atoms with Crippen LogP contribution in [0, 0.1) is 5.92 Å². The number of imidazole rings is 1. The molecular formula is C16H19N5O4. The topological polar surface area (TPSA) is 114 Å². The zero-order chi connectivity index (χ0) is 17.6. The van der Waals surface area contributed by atoms with E-state index in [1.165, 1.54) is 6.33 Å². The average Bonchev–Trinajstić information content (AvgIpc) is 2.80. The highest BCUT2D eigenvalue weighted by Crippen LogP contribution is 2.62. The number of Topliss-reactive ketones (excluding diaryl/α,β-unsaturated/α-hetero) is 1. The summed E-state index contributed by atoms with van der Waals surface area (Å²) in [4.78, 5) is 24.5. The number of ketones is 1. The van der Waals surface area contributed by atoms with Gasteiger partial charge in [-0.2, -0.15) is 0 Å². The molecule has 1 saturated carbocycles. The van der Waals surface area contributed by atoms with Crippen molar-refractivity contribution < 1.29 is 19.0 Å². The highest BCUT2D eigenvalue weighted by molar-refractivity contribution is 5.83. The summed E-state index contributed by atoms with van der Waals surface area (Å²) in [7, 11) is 0. The number of rotatable bonds is 2. The van der Waals surface area contributed by atoms with Crippen molar-refractivity contribution in [3.63, 3.8) is 0 Å². The van der Waals surface area contributed by atoms with Gasteiger partial charge in [0.25, 0.3) is 0 Å². The first-order chi connectivity index (χ1) is 11.8. The molecule has 5 atom stereocenters. The van der Waals surface area contributed by atoms with Gasteiger partial charge in [0.05, 0.1) is 12.2 Å². The van der Waals surface area contributed by atoms with Crippen molar-refractivity contribution in [2.45, 2.75) is 57.0 Å². The summed E-state index contributed by atoms with van der Waals surface area (Å²) < 4.78 is 20.3. The van der Waals surface area contributed by atoms with E-state index in [0.29, 0.717) is 23.4 Å². The molecule has 2 aromatic heterocycles. The first-order valence-corrected chi connectivity index (χ1v) is 8.29. The molecule has 2 aromatic rings. The SMILES string of the molecule is CC(=O)C1C[C@]12O[C@@H](n1cnc3c(N)ncnc31)[C@H]1OC(C)(C)OC12. The van der Waals surface area contributed by atoms with Crippen molar-refractivity contribution in [1.82, 2.24) is 19.5 Å². The van der Waals surface area contributed by atoms with Gasteiger partial charge >= 0.3 is 0 Å². The van der Waals surface area contributed by atoms with Gasteiger partial charge in [-0.25, -0.2) is 15.0 Å². The van der Waals surface area contributed by atoms with Gasteiger partial charge < -0.3 is 19.9 Å². The fourth-order valence-electron chi connectivity index (χ4n) is 4.20. The molecule has 3 fully saturated rings. The third-order valence-electron chi connectivity index (χ3n) is 5.34. The molecule has 2 aliphatic heterocycles. The average molecular weight is 345 g/mol. The molecule has 0 bridgehead atoms.